The van der Waals surface area contributed by atoms with Gasteiger partial charge in [-0.05, 0) is 152 Å². The van der Waals surface area contributed by atoms with E-state index < -0.39 is 50.0 Å². The first kappa shape index (κ1) is 47.7. The quantitative estimate of drug-likeness (QED) is 0.206. The molecule has 10 atom stereocenters. The van der Waals surface area contributed by atoms with Crippen LogP contribution in [-0.4, -0.2) is 84.8 Å². The molecule has 6 fully saturated rings. The Bertz CT molecular complexity index is 2300. The lowest BCUT2D eigenvalue weighted by molar-refractivity contribution is -0.235. The van der Waals surface area contributed by atoms with Gasteiger partial charge in [-0.15, -0.1) is 0 Å². The number of ketones is 1. The number of sulfone groups is 1. The molecule has 0 spiro atoms. The number of nitrogens with zero attached hydrogens (tertiary/aromatic N) is 1. The standard InChI is InChI=1S/C52H75N3O9S/c1-30(2)40-36(56)29-52(54-45(61)48(7,8)53-42(57)31-12-14-32(15-13-31)55-24-26-65(62,63)27-25-55)23-22-50(10)33(41(40)52)16-17-38-49(9)20-19-39(47(5,6)37(49)18-21-51(38,50)11)64-44(60)35-28-34(43(58)59)46(35,3)4/h12-15,30,33-35,37-39H,16-29H2,1-11H3,(H,53,57)(H,54,61)(H,58,59)/t33-,34+,35-,37?,38-,39+,49+,50-,51-,52-/m1/s1. The molecule has 0 aromatic heterocycles. The molecule has 1 heterocycles. The van der Waals surface area contributed by atoms with Crippen LogP contribution in [-0.2, 0) is 33.8 Å². The number of nitrogens with one attached hydrogen (secondary N) is 2. The molecule has 6 aliphatic carbocycles. The van der Waals surface area contributed by atoms with Crippen LogP contribution in [0.4, 0.5) is 5.69 Å². The number of carbonyl (C=O) groups excluding carboxylic acids is 4. The largest absolute Gasteiger partial charge is 0.481 e. The van der Waals surface area contributed by atoms with Gasteiger partial charge in [0.05, 0.1) is 28.9 Å². The highest BCUT2D eigenvalue weighted by atomic mass is 32.2. The molecule has 1 aromatic rings. The zero-order chi connectivity index (χ0) is 47.7. The molecule has 8 rings (SSSR count). The van der Waals surface area contributed by atoms with Crippen molar-refractivity contribution in [3.8, 4) is 0 Å². The normalized spacial score (nSPS) is 38.0. The van der Waals surface area contributed by atoms with Gasteiger partial charge in [-0.2, -0.15) is 0 Å². The molecule has 1 aromatic carbocycles. The van der Waals surface area contributed by atoms with E-state index in [1.807, 2.05) is 30.9 Å². The van der Waals surface area contributed by atoms with Crippen LogP contribution >= 0.6 is 0 Å². The van der Waals surface area contributed by atoms with Crippen LogP contribution in [0.15, 0.2) is 35.4 Å². The van der Waals surface area contributed by atoms with Crippen LogP contribution in [0.1, 0.15) is 151 Å². The van der Waals surface area contributed by atoms with E-state index in [0.717, 1.165) is 61.8 Å². The Hall–Kier alpha value is -3.74. The first-order valence-corrected chi connectivity index (χ1v) is 26.3. The zero-order valence-electron chi connectivity index (χ0n) is 40.8. The number of ether oxygens (including phenoxy) is 1. The number of fused-ring (bicyclic) bond motifs is 7. The predicted molar refractivity (Wildman–Crippen MR) is 250 cm³/mol. The van der Waals surface area contributed by atoms with Gasteiger partial charge in [0.25, 0.3) is 5.91 Å². The number of Topliss-reactive ketones (excluding diaryl/α,β-unsaturated/α-hetero) is 1. The molecule has 0 radical (unpaired) electrons. The molecule has 1 aliphatic heterocycles. The summed E-state index contributed by atoms with van der Waals surface area (Å²) in [6.07, 6.45) is 7.44. The number of benzene rings is 1. The Kier molecular flexibility index (Phi) is 11.5. The van der Waals surface area contributed by atoms with Crippen molar-refractivity contribution in [1.29, 1.82) is 0 Å². The summed E-state index contributed by atoms with van der Waals surface area (Å²) in [7, 11) is -3.03. The number of carbonyl (C=O) groups is 5. The van der Waals surface area contributed by atoms with Gasteiger partial charge in [-0.3, -0.25) is 24.0 Å². The van der Waals surface area contributed by atoms with E-state index in [2.05, 4.69) is 59.1 Å². The number of carboxylic acids is 1. The lowest BCUT2D eigenvalue weighted by atomic mass is 9.33. The summed E-state index contributed by atoms with van der Waals surface area (Å²) in [6.45, 7) is 24.2. The maximum absolute atomic E-state index is 14.6. The van der Waals surface area contributed by atoms with Crippen LogP contribution < -0.4 is 15.5 Å². The highest BCUT2D eigenvalue weighted by molar-refractivity contribution is 7.91. The number of hydrogen-bond donors (Lipinski definition) is 3. The second-order valence-corrected chi connectivity index (χ2v) is 26.6. The summed E-state index contributed by atoms with van der Waals surface area (Å²) in [5, 5.41) is 16.1. The Morgan fingerprint density at radius 3 is 2.06 bits per heavy atom. The molecule has 0 bridgehead atoms. The van der Waals surface area contributed by atoms with E-state index in [-0.39, 0.29) is 75.2 Å². The topological polar surface area (TPSA) is 176 Å². The Morgan fingerprint density at radius 1 is 0.815 bits per heavy atom. The minimum absolute atomic E-state index is 0.000318. The van der Waals surface area contributed by atoms with Gasteiger partial charge in [0.1, 0.15) is 11.6 Å². The Labute approximate surface area is 387 Å². The van der Waals surface area contributed by atoms with Crippen LogP contribution in [0.25, 0.3) is 0 Å². The molecule has 1 unspecified atom stereocenters. The molecule has 7 aliphatic rings. The van der Waals surface area contributed by atoms with Gasteiger partial charge >= 0.3 is 11.9 Å². The van der Waals surface area contributed by atoms with Gasteiger partial charge in [-0.1, -0.05) is 62.3 Å². The van der Waals surface area contributed by atoms with Crippen LogP contribution in [0.2, 0.25) is 0 Å². The molecule has 5 saturated carbocycles. The van der Waals surface area contributed by atoms with Gasteiger partial charge in [0, 0.05) is 36.2 Å². The van der Waals surface area contributed by atoms with E-state index in [1.165, 1.54) is 0 Å². The molecule has 2 amide bonds. The van der Waals surface area contributed by atoms with Gasteiger partial charge in [0.2, 0.25) is 5.91 Å². The second kappa shape index (κ2) is 15.7. The molecule has 13 heteroatoms. The fourth-order valence-electron chi connectivity index (χ4n) is 15.5. The van der Waals surface area contributed by atoms with Crippen molar-refractivity contribution in [2.75, 3.05) is 29.5 Å². The molecule has 65 heavy (non-hydrogen) atoms. The number of allylic oxidation sites excluding steroid dienone is 1. The number of anilines is 1. The lowest BCUT2D eigenvalue weighted by Crippen LogP contribution is -2.68. The summed E-state index contributed by atoms with van der Waals surface area (Å²) in [4.78, 5) is 70.1. The second-order valence-electron chi connectivity index (χ2n) is 24.3. The van der Waals surface area contributed by atoms with E-state index in [1.54, 1.807) is 26.0 Å². The van der Waals surface area contributed by atoms with Crippen molar-refractivity contribution in [2.24, 2.45) is 62.6 Å². The third-order valence-electron chi connectivity index (χ3n) is 19.7. The first-order valence-electron chi connectivity index (χ1n) is 24.5. The van der Waals surface area contributed by atoms with Gasteiger partial charge < -0.3 is 25.4 Å². The molecule has 3 N–H and O–H groups in total. The fourth-order valence-corrected chi connectivity index (χ4v) is 16.7. The maximum atomic E-state index is 14.6. The summed E-state index contributed by atoms with van der Waals surface area (Å²) in [5.74, 6) is -1.66. The molecule has 358 valence electrons. The summed E-state index contributed by atoms with van der Waals surface area (Å²) in [5.41, 5.74) is -0.0134. The number of hydrogen-bond acceptors (Lipinski definition) is 9. The SMILES string of the molecule is CC(C)C1=C2[C@H]3CC[C@@H]4[C@@]5(C)CC[C@H](OC(=O)[C@H]6C[C@@H](C(=O)O)C6(C)C)C(C)(C)C5CC[C@@]4(C)[C@]3(C)CC[C@@]2(NC(=O)C(C)(C)NC(=O)c2ccc(N3CCS(=O)(=O)CC3)cc2)CC1=O. The van der Waals surface area contributed by atoms with Crippen molar-refractivity contribution in [3.63, 3.8) is 0 Å². The third kappa shape index (κ3) is 7.40. The number of esters is 1. The van der Waals surface area contributed by atoms with Crippen molar-refractivity contribution in [1.82, 2.24) is 10.6 Å². The van der Waals surface area contributed by atoms with E-state index >= 15 is 0 Å². The third-order valence-corrected chi connectivity index (χ3v) is 21.3. The number of aliphatic carboxylic acids is 1. The van der Waals surface area contributed by atoms with Crippen molar-refractivity contribution in [3.05, 3.63) is 41.0 Å². The van der Waals surface area contributed by atoms with E-state index in [9.17, 15) is 37.5 Å². The first-order chi connectivity index (χ1) is 30.0. The zero-order valence-corrected chi connectivity index (χ0v) is 41.6. The molecular formula is C52H75N3O9S. The summed E-state index contributed by atoms with van der Waals surface area (Å²) in [6, 6.07) is 7.04. The monoisotopic (exact) mass is 918 g/mol. The van der Waals surface area contributed by atoms with Crippen LogP contribution in [0.5, 0.6) is 0 Å². The van der Waals surface area contributed by atoms with E-state index in [0.29, 0.717) is 43.3 Å². The molecule has 1 saturated heterocycles. The summed E-state index contributed by atoms with van der Waals surface area (Å²) < 4.78 is 30.3. The number of carboxylic acid groups (broad SMARTS) is 1. The fraction of sp³-hybridized carbons (Fsp3) is 0.750. The smallest absolute Gasteiger partial charge is 0.309 e. The Morgan fingerprint density at radius 2 is 1.46 bits per heavy atom. The minimum Gasteiger partial charge on any atom is -0.481 e. The van der Waals surface area contributed by atoms with Crippen LogP contribution in [0.3, 0.4) is 0 Å². The predicted octanol–water partition coefficient (Wildman–Crippen LogP) is 7.94. The Balaban J connectivity index is 0.995. The minimum atomic E-state index is -3.03. The van der Waals surface area contributed by atoms with E-state index in [4.69, 9.17) is 4.74 Å². The van der Waals surface area contributed by atoms with Crippen LogP contribution in [0, 0.1) is 62.6 Å². The molecule has 12 nitrogen and oxygen atoms in total. The van der Waals surface area contributed by atoms with Crippen molar-refractivity contribution >= 4 is 45.1 Å². The van der Waals surface area contributed by atoms with Gasteiger partial charge in [0.15, 0.2) is 15.6 Å². The lowest BCUT2D eigenvalue weighted by Gasteiger charge is -2.72. The number of amides is 2. The highest BCUT2D eigenvalue weighted by Gasteiger charge is 2.71. The molecular weight excluding hydrogens is 843 g/mol. The summed E-state index contributed by atoms with van der Waals surface area (Å²) >= 11 is 0. The average Bonchev–Trinajstić information content (AvgIpc) is 3.50. The van der Waals surface area contributed by atoms with Crippen molar-refractivity contribution in [2.45, 2.75) is 158 Å². The highest BCUT2D eigenvalue weighted by Crippen LogP contribution is 2.76. The average molecular weight is 918 g/mol. The van der Waals surface area contributed by atoms with Gasteiger partial charge in [-0.25, -0.2) is 8.42 Å². The van der Waals surface area contributed by atoms with Crippen molar-refractivity contribution < 1.29 is 42.2 Å². The number of rotatable bonds is 9. The maximum Gasteiger partial charge on any atom is 0.309 e.